The molecule has 7 unspecified atom stereocenters. The highest BCUT2D eigenvalue weighted by Crippen LogP contribution is 2.27. The van der Waals surface area contributed by atoms with Crippen LogP contribution in [0.4, 0.5) is 0 Å². The maximum Gasteiger partial charge on any atom is 0.339 e. The molecule has 0 bridgehead atoms. The number of hydrogen-bond donors (Lipinski definition) is 7. The third-order valence-electron chi connectivity index (χ3n) is 5.66. The van der Waals surface area contributed by atoms with E-state index in [1.54, 1.807) is 0 Å². The van der Waals surface area contributed by atoms with E-state index >= 15 is 0 Å². The van der Waals surface area contributed by atoms with Crippen LogP contribution < -0.4 is 5.32 Å². The van der Waals surface area contributed by atoms with Crippen LogP contribution in [0, 0.1) is 11.8 Å². The van der Waals surface area contributed by atoms with Gasteiger partial charge in [-0.2, -0.15) is 0 Å². The molecule has 1 saturated heterocycles. The molecule has 7 N–H and O–H groups in total. The molecule has 1 fully saturated rings. The van der Waals surface area contributed by atoms with E-state index in [2.05, 4.69) is 5.32 Å². The summed E-state index contributed by atoms with van der Waals surface area (Å²) in [6.45, 7) is 3.82. The van der Waals surface area contributed by atoms with Crippen LogP contribution in [0.3, 0.4) is 0 Å². The molecule has 2 rings (SSSR count). The highest BCUT2D eigenvalue weighted by molar-refractivity contribution is 5.92. The Bertz CT molecular complexity index is 755. The number of phenols is 1. The highest BCUT2D eigenvalue weighted by Gasteiger charge is 2.35. The van der Waals surface area contributed by atoms with Gasteiger partial charge in [0.2, 0.25) is 0 Å². The lowest BCUT2D eigenvalue weighted by Crippen LogP contribution is -2.53. The summed E-state index contributed by atoms with van der Waals surface area (Å²) in [6, 6.07) is 3.34. The van der Waals surface area contributed by atoms with E-state index in [4.69, 9.17) is 0 Å². The Morgan fingerprint density at radius 2 is 1.77 bits per heavy atom. The second-order valence-electron chi connectivity index (χ2n) is 8.42. The van der Waals surface area contributed by atoms with Crippen LogP contribution in [0.1, 0.15) is 49.0 Å². The number of aromatic carboxylic acids is 1. The molecular weight excluding hydrogens is 394 g/mol. The number of benzene rings is 1. The van der Waals surface area contributed by atoms with Gasteiger partial charge in [0.25, 0.3) is 5.91 Å². The fourth-order valence-electron chi connectivity index (χ4n) is 4.18. The fourth-order valence-corrected chi connectivity index (χ4v) is 4.18. The van der Waals surface area contributed by atoms with E-state index in [1.165, 1.54) is 18.2 Å². The zero-order valence-electron chi connectivity index (χ0n) is 17.1. The summed E-state index contributed by atoms with van der Waals surface area (Å²) < 4.78 is 0. The van der Waals surface area contributed by atoms with Gasteiger partial charge in [-0.1, -0.05) is 26.0 Å². The van der Waals surface area contributed by atoms with Crippen LogP contribution >= 0.6 is 0 Å². The molecule has 1 aromatic carbocycles. The summed E-state index contributed by atoms with van der Waals surface area (Å²) in [7, 11) is 0. The lowest BCUT2D eigenvalue weighted by Gasteiger charge is -2.28. The first-order valence-corrected chi connectivity index (χ1v) is 10.1. The standard InChI is InChI=1S/C21H31NO8/c1-10-6-11(2)8-16(25)18(26)19(27)20(28)22-13(7-10)15(24)9-12-4-3-5-14(23)17(12)21(29)30/h3-5,10-11,13,15-16,18-19,23-27H,6-9H2,1-2H3,(H,22,28)(H,29,30). The fraction of sp³-hybridized carbons (Fsp3) is 0.619. The first-order valence-electron chi connectivity index (χ1n) is 10.1. The SMILES string of the molecule is CC1CC(C)CC(C(O)Cc2cccc(O)c2C(=O)O)NC(=O)C(O)C(O)C(O)C1. The molecule has 9 nitrogen and oxygen atoms in total. The summed E-state index contributed by atoms with van der Waals surface area (Å²) in [4.78, 5) is 23.9. The third kappa shape index (κ3) is 5.91. The van der Waals surface area contributed by atoms with Gasteiger partial charge >= 0.3 is 5.97 Å². The van der Waals surface area contributed by atoms with Crippen molar-refractivity contribution < 1.29 is 40.2 Å². The minimum absolute atomic E-state index is 0.00697. The number of carboxylic acids is 1. The summed E-state index contributed by atoms with van der Waals surface area (Å²) in [5.41, 5.74) is -0.115. The van der Waals surface area contributed by atoms with Crippen molar-refractivity contribution in [3.63, 3.8) is 0 Å². The van der Waals surface area contributed by atoms with E-state index in [0.29, 0.717) is 12.8 Å². The molecule has 1 amide bonds. The number of aliphatic hydroxyl groups is 4. The molecule has 0 aromatic heterocycles. The maximum atomic E-state index is 12.4. The van der Waals surface area contributed by atoms with Crippen LogP contribution in [-0.4, -0.2) is 73.0 Å². The molecule has 1 heterocycles. The Labute approximate surface area is 175 Å². The van der Waals surface area contributed by atoms with Crippen molar-refractivity contribution in [1.82, 2.24) is 5.32 Å². The number of rotatable bonds is 4. The summed E-state index contributed by atoms with van der Waals surface area (Å²) >= 11 is 0. The Balaban J connectivity index is 2.28. The monoisotopic (exact) mass is 425 g/mol. The van der Waals surface area contributed by atoms with Crippen molar-refractivity contribution in [1.29, 1.82) is 0 Å². The number of carbonyl (C=O) groups is 2. The second-order valence-corrected chi connectivity index (χ2v) is 8.42. The Morgan fingerprint density at radius 1 is 1.13 bits per heavy atom. The van der Waals surface area contributed by atoms with Gasteiger partial charge < -0.3 is 36.0 Å². The van der Waals surface area contributed by atoms with Crippen LogP contribution in [-0.2, 0) is 11.2 Å². The average Bonchev–Trinajstić information content (AvgIpc) is 2.65. The minimum Gasteiger partial charge on any atom is -0.507 e. The Kier molecular flexibility index (Phi) is 8.19. The summed E-state index contributed by atoms with van der Waals surface area (Å²) in [6.07, 6.45) is -4.93. The van der Waals surface area contributed by atoms with Crippen LogP contribution in [0.5, 0.6) is 5.75 Å². The van der Waals surface area contributed by atoms with Crippen molar-refractivity contribution in [3.05, 3.63) is 29.3 Å². The Hall–Kier alpha value is -2.20. The van der Waals surface area contributed by atoms with Gasteiger partial charge in [-0.25, -0.2) is 4.79 Å². The van der Waals surface area contributed by atoms with Crippen LogP contribution in [0.25, 0.3) is 0 Å². The Morgan fingerprint density at radius 3 is 2.40 bits per heavy atom. The average molecular weight is 425 g/mol. The van der Waals surface area contributed by atoms with Gasteiger partial charge in [-0.05, 0) is 42.7 Å². The molecule has 168 valence electrons. The van der Waals surface area contributed by atoms with Crippen molar-refractivity contribution >= 4 is 11.9 Å². The summed E-state index contributed by atoms with van der Waals surface area (Å²) in [5, 5.41) is 62.8. The zero-order valence-corrected chi connectivity index (χ0v) is 17.1. The largest absolute Gasteiger partial charge is 0.507 e. The zero-order chi connectivity index (χ0) is 22.6. The highest BCUT2D eigenvalue weighted by atomic mass is 16.4. The number of nitrogens with one attached hydrogen (secondary N) is 1. The first-order chi connectivity index (χ1) is 14.0. The molecule has 0 saturated carbocycles. The number of carboxylic acid groups (broad SMARTS) is 1. The lowest BCUT2D eigenvalue weighted by atomic mass is 9.86. The molecular formula is C21H31NO8. The molecule has 7 atom stereocenters. The van der Waals surface area contributed by atoms with Crippen molar-refractivity contribution in [2.45, 2.75) is 70.0 Å². The second kappa shape index (κ2) is 10.2. The van der Waals surface area contributed by atoms with Gasteiger partial charge in [0, 0.05) is 6.42 Å². The van der Waals surface area contributed by atoms with Gasteiger partial charge in [-0.3, -0.25) is 4.79 Å². The van der Waals surface area contributed by atoms with Gasteiger partial charge in [0.05, 0.1) is 18.2 Å². The molecule has 9 heteroatoms. The van der Waals surface area contributed by atoms with Crippen molar-refractivity contribution in [2.24, 2.45) is 11.8 Å². The molecule has 0 radical (unpaired) electrons. The number of hydrogen-bond acceptors (Lipinski definition) is 7. The van der Waals surface area contributed by atoms with E-state index in [0.717, 1.165) is 0 Å². The molecule has 0 spiro atoms. The number of amides is 1. The number of aliphatic hydroxyl groups excluding tert-OH is 4. The third-order valence-corrected chi connectivity index (χ3v) is 5.66. The maximum absolute atomic E-state index is 12.4. The minimum atomic E-state index is -1.87. The normalized spacial score (nSPS) is 32.0. The van der Waals surface area contributed by atoms with E-state index < -0.39 is 48.1 Å². The van der Waals surface area contributed by atoms with Crippen LogP contribution in [0.15, 0.2) is 18.2 Å². The van der Waals surface area contributed by atoms with Crippen LogP contribution in [0.2, 0.25) is 0 Å². The summed E-state index contributed by atoms with van der Waals surface area (Å²) in [5.74, 6) is -2.65. The topological polar surface area (TPSA) is 168 Å². The van der Waals surface area contributed by atoms with E-state index in [9.17, 15) is 40.2 Å². The quantitative estimate of drug-likeness (QED) is 0.354. The molecule has 1 aliphatic heterocycles. The van der Waals surface area contributed by atoms with Gasteiger partial charge in [0.1, 0.15) is 17.4 Å². The molecule has 0 aliphatic carbocycles. The molecule has 1 aliphatic rings. The van der Waals surface area contributed by atoms with E-state index in [-0.39, 0.29) is 35.8 Å². The van der Waals surface area contributed by atoms with Gasteiger partial charge in [-0.15, -0.1) is 0 Å². The molecule has 1 aromatic rings. The number of aromatic hydroxyl groups is 1. The first kappa shape index (κ1) is 24.1. The van der Waals surface area contributed by atoms with Gasteiger partial charge in [0.15, 0.2) is 6.10 Å². The van der Waals surface area contributed by atoms with E-state index in [1.807, 2.05) is 13.8 Å². The van der Waals surface area contributed by atoms with Crippen molar-refractivity contribution in [3.8, 4) is 5.75 Å². The molecule has 30 heavy (non-hydrogen) atoms. The van der Waals surface area contributed by atoms with Crippen molar-refractivity contribution in [2.75, 3.05) is 0 Å². The smallest absolute Gasteiger partial charge is 0.339 e. The lowest BCUT2D eigenvalue weighted by molar-refractivity contribution is -0.142. The predicted molar refractivity (Wildman–Crippen MR) is 107 cm³/mol. The number of carbonyl (C=O) groups excluding carboxylic acids is 1. The predicted octanol–water partition coefficient (Wildman–Crippen LogP) is 0.0174.